The highest BCUT2D eigenvalue weighted by Gasteiger charge is 2.10. The van der Waals surface area contributed by atoms with E-state index in [9.17, 15) is 0 Å². The smallest absolute Gasteiger partial charge is 0.212 e. The van der Waals surface area contributed by atoms with Crippen molar-refractivity contribution in [3.8, 4) is 5.88 Å². The molecule has 0 aliphatic carbocycles. The summed E-state index contributed by atoms with van der Waals surface area (Å²) in [6.45, 7) is 2.74. The molecule has 0 aliphatic heterocycles. The lowest BCUT2D eigenvalue weighted by molar-refractivity contribution is 0.397. The van der Waals surface area contributed by atoms with E-state index in [1.54, 1.807) is 18.4 Å². The molecule has 0 saturated heterocycles. The zero-order chi connectivity index (χ0) is 13.7. The molecule has 0 fully saturated rings. The summed E-state index contributed by atoms with van der Waals surface area (Å²) in [4.78, 5) is 10.1. The van der Waals surface area contributed by atoms with Crippen molar-refractivity contribution in [3.05, 3.63) is 39.5 Å². The Morgan fingerprint density at radius 2 is 2.21 bits per heavy atom. The van der Waals surface area contributed by atoms with Crippen LogP contribution in [0, 0.1) is 0 Å². The van der Waals surface area contributed by atoms with Gasteiger partial charge in [-0.1, -0.05) is 19.4 Å². The maximum atomic E-state index is 5.77. The van der Waals surface area contributed by atoms with E-state index in [1.807, 2.05) is 18.3 Å². The van der Waals surface area contributed by atoms with Crippen LogP contribution in [0.3, 0.4) is 0 Å². The Morgan fingerprint density at radius 3 is 2.79 bits per heavy atom. The zero-order valence-electron chi connectivity index (χ0n) is 11.3. The van der Waals surface area contributed by atoms with Gasteiger partial charge in [-0.25, -0.2) is 9.97 Å². The molecule has 2 rings (SSSR count). The highest BCUT2D eigenvalue weighted by Crippen LogP contribution is 2.22. The number of thiazole rings is 1. The minimum absolute atomic E-state index is 0.577. The predicted molar refractivity (Wildman–Crippen MR) is 77.6 cm³/mol. The fourth-order valence-corrected chi connectivity index (χ4v) is 2.94. The van der Waals surface area contributed by atoms with Crippen molar-refractivity contribution in [1.29, 1.82) is 0 Å². The molecule has 2 N–H and O–H groups in total. The Balaban J connectivity index is 2.13. The van der Waals surface area contributed by atoms with Gasteiger partial charge in [-0.3, -0.25) is 0 Å². The van der Waals surface area contributed by atoms with Crippen molar-refractivity contribution in [1.82, 2.24) is 9.97 Å². The van der Waals surface area contributed by atoms with Crippen molar-refractivity contribution in [2.45, 2.75) is 32.7 Å². The number of rotatable bonds is 6. The van der Waals surface area contributed by atoms with Crippen LogP contribution in [0.25, 0.3) is 0 Å². The van der Waals surface area contributed by atoms with Crippen LogP contribution in [0.5, 0.6) is 5.88 Å². The van der Waals surface area contributed by atoms with Crippen LogP contribution in [0.4, 0.5) is 0 Å². The average molecular weight is 277 g/mol. The Labute approximate surface area is 117 Å². The Kier molecular flexibility index (Phi) is 4.87. The molecule has 0 aromatic carbocycles. The third-order valence-electron chi connectivity index (χ3n) is 2.86. The number of pyridine rings is 1. The average Bonchev–Trinajstić information content (AvgIpc) is 2.82. The minimum atomic E-state index is 0.577. The normalized spacial score (nSPS) is 10.7. The molecule has 2 heterocycles. The van der Waals surface area contributed by atoms with Crippen LogP contribution in [-0.4, -0.2) is 17.1 Å². The molecular formula is C14H19N3OS. The summed E-state index contributed by atoms with van der Waals surface area (Å²) in [5.74, 6) is 0.636. The predicted octanol–water partition coefficient (Wildman–Crippen LogP) is 2.55. The van der Waals surface area contributed by atoms with Crippen molar-refractivity contribution in [2.24, 2.45) is 5.73 Å². The molecule has 0 unspecified atom stereocenters. The molecule has 19 heavy (non-hydrogen) atoms. The van der Waals surface area contributed by atoms with Gasteiger partial charge in [0.1, 0.15) is 0 Å². The van der Waals surface area contributed by atoms with Crippen LogP contribution < -0.4 is 10.5 Å². The monoisotopic (exact) mass is 277 g/mol. The number of methoxy groups -OCH3 is 1. The van der Waals surface area contributed by atoms with Gasteiger partial charge >= 0.3 is 0 Å². The maximum Gasteiger partial charge on any atom is 0.212 e. The van der Waals surface area contributed by atoms with Crippen molar-refractivity contribution in [3.63, 3.8) is 0 Å². The molecule has 102 valence electrons. The molecule has 0 saturated carbocycles. The number of nitrogens with two attached hydrogens (primary N) is 1. The van der Waals surface area contributed by atoms with Crippen molar-refractivity contribution in [2.75, 3.05) is 7.11 Å². The first-order chi connectivity index (χ1) is 9.26. The lowest BCUT2D eigenvalue weighted by Crippen LogP contribution is -1.98. The van der Waals surface area contributed by atoms with Crippen LogP contribution in [0.2, 0.25) is 0 Å². The molecular weight excluding hydrogens is 258 g/mol. The standard InChI is InChI=1S/C14H19N3OS/c1-3-4-11-12(8-15)19-14(17-11)7-10-5-6-13(18-2)16-9-10/h5-6,9H,3-4,7-8,15H2,1-2H3. The molecule has 0 amide bonds. The van der Waals surface area contributed by atoms with Gasteiger partial charge in [0, 0.05) is 30.1 Å². The lowest BCUT2D eigenvalue weighted by Gasteiger charge is -2.00. The van der Waals surface area contributed by atoms with E-state index in [-0.39, 0.29) is 0 Å². The minimum Gasteiger partial charge on any atom is -0.481 e. The summed E-state index contributed by atoms with van der Waals surface area (Å²) < 4.78 is 5.05. The van der Waals surface area contributed by atoms with Gasteiger partial charge < -0.3 is 10.5 Å². The second-order valence-electron chi connectivity index (χ2n) is 4.32. The van der Waals surface area contributed by atoms with Crippen LogP contribution >= 0.6 is 11.3 Å². The fraction of sp³-hybridized carbons (Fsp3) is 0.429. The van der Waals surface area contributed by atoms with Crippen LogP contribution in [0.15, 0.2) is 18.3 Å². The van der Waals surface area contributed by atoms with E-state index >= 15 is 0 Å². The van der Waals surface area contributed by atoms with Gasteiger partial charge in [-0.2, -0.15) is 0 Å². The number of aromatic nitrogens is 2. The molecule has 0 radical (unpaired) electrons. The maximum absolute atomic E-state index is 5.77. The number of hydrogen-bond acceptors (Lipinski definition) is 5. The lowest BCUT2D eigenvalue weighted by atomic mass is 10.2. The number of aryl methyl sites for hydroxylation is 1. The number of nitrogens with zero attached hydrogens (tertiary/aromatic N) is 2. The Bertz CT molecular complexity index is 522. The van der Waals surface area contributed by atoms with E-state index in [1.165, 1.54) is 4.88 Å². The quantitative estimate of drug-likeness (QED) is 0.881. The molecule has 2 aromatic rings. The van der Waals surface area contributed by atoms with Crippen molar-refractivity contribution >= 4 is 11.3 Å². The summed E-state index contributed by atoms with van der Waals surface area (Å²) in [5.41, 5.74) is 8.07. The van der Waals surface area contributed by atoms with Gasteiger partial charge in [0.2, 0.25) is 5.88 Å². The molecule has 0 atom stereocenters. The summed E-state index contributed by atoms with van der Waals surface area (Å²) in [6.07, 6.45) is 4.74. The van der Waals surface area contributed by atoms with E-state index < -0.39 is 0 Å². The number of ether oxygens (including phenoxy) is 1. The molecule has 4 nitrogen and oxygen atoms in total. The van der Waals surface area contributed by atoms with Gasteiger partial charge in [-0.15, -0.1) is 11.3 Å². The second-order valence-corrected chi connectivity index (χ2v) is 5.49. The first kappa shape index (κ1) is 14.0. The van der Waals surface area contributed by atoms with Gasteiger partial charge in [0.25, 0.3) is 0 Å². The van der Waals surface area contributed by atoms with Gasteiger partial charge in [0.05, 0.1) is 17.8 Å². The second kappa shape index (κ2) is 6.63. The van der Waals surface area contributed by atoms with Gasteiger partial charge in [-0.05, 0) is 12.0 Å². The third-order valence-corrected chi connectivity index (χ3v) is 3.98. The highest BCUT2D eigenvalue weighted by atomic mass is 32.1. The van der Waals surface area contributed by atoms with Crippen LogP contribution in [0.1, 0.15) is 34.5 Å². The first-order valence-corrected chi connectivity index (χ1v) is 7.25. The molecule has 0 aliphatic rings. The van der Waals surface area contributed by atoms with E-state index in [2.05, 4.69) is 16.9 Å². The Morgan fingerprint density at radius 1 is 1.37 bits per heavy atom. The summed E-state index contributed by atoms with van der Waals surface area (Å²) >= 11 is 1.71. The zero-order valence-corrected chi connectivity index (χ0v) is 12.2. The fourth-order valence-electron chi connectivity index (χ4n) is 1.91. The summed E-state index contributed by atoms with van der Waals surface area (Å²) in [5, 5.41) is 1.11. The third kappa shape index (κ3) is 3.52. The molecule has 5 heteroatoms. The number of hydrogen-bond donors (Lipinski definition) is 1. The van der Waals surface area contributed by atoms with Crippen molar-refractivity contribution < 1.29 is 4.74 Å². The van der Waals surface area contributed by atoms with Crippen LogP contribution in [-0.2, 0) is 19.4 Å². The summed E-state index contributed by atoms with van der Waals surface area (Å²) in [6, 6.07) is 3.90. The highest BCUT2D eigenvalue weighted by molar-refractivity contribution is 7.11. The largest absolute Gasteiger partial charge is 0.481 e. The van der Waals surface area contributed by atoms with Gasteiger partial charge in [0.15, 0.2) is 0 Å². The summed E-state index contributed by atoms with van der Waals surface area (Å²) in [7, 11) is 1.62. The van der Waals surface area contributed by atoms with E-state index in [0.29, 0.717) is 12.4 Å². The molecule has 0 spiro atoms. The first-order valence-electron chi connectivity index (χ1n) is 6.43. The Hall–Kier alpha value is -1.46. The topological polar surface area (TPSA) is 61.0 Å². The van der Waals surface area contributed by atoms with E-state index in [4.69, 9.17) is 10.5 Å². The SMILES string of the molecule is CCCc1nc(Cc2ccc(OC)nc2)sc1CN. The molecule has 2 aromatic heterocycles. The van der Waals surface area contributed by atoms with E-state index in [0.717, 1.165) is 35.5 Å². The molecule has 0 bridgehead atoms.